The number of carbonyl (C=O) groups is 2. The lowest BCUT2D eigenvalue weighted by atomic mass is 10.2. The van der Waals surface area contributed by atoms with Crippen molar-refractivity contribution >= 4 is 17.9 Å². The average Bonchev–Trinajstić information content (AvgIpc) is 2.73. The maximum Gasteiger partial charge on any atom is 0.409 e. The number of ether oxygens (including phenoxy) is 1. The van der Waals surface area contributed by atoms with Gasteiger partial charge in [-0.2, -0.15) is 0 Å². The van der Waals surface area contributed by atoms with Gasteiger partial charge >= 0.3 is 6.09 Å². The van der Waals surface area contributed by atoms with Crippen molar-refractivity contribution in [3.05, 3.63) is 53.6 Å². The van der Waals surface area contributed by atoms with Crippen molar-refractivity contribution in [1.29, 1.82) is 0 Å². The number of halogens is 1. The fourth-order valence-corrected chi connectivity index (χ4v) is 2.79. The van der Waals surface area contributed by atoms with Gasteiger partial charge in [-0.1, -0.05) is 12.1 Å². The van der Waals surface area contributed by atoms with Crippen molar-refractivity contribution in [3.63, 3.8) is 0 Å². The van der Waals surface area contributed by atoms with E-state index in [9.17, 15) is 14.0 Å². The molecule has 0 bridgehead atoms. The highest BCUT2D eigenvalue weighted by atomic mass is 19.1. The van der Waals surface area contributed by atoms with E-state index < -0.39 is 0 Å². The molecule has 1 N–H and O–H groups in total. The van der Waals surface area contributed by atoms with E-state index in [-0.39, 0.29) is 24.4 Å². The molecule has 9 heteroatoms. The number of hydrogen-bond acceptors (Lipinski definition) is 6. The number of piperazine rings is 1. The number of aromatic nitrogens is 2. The van der Waals surface area contributed by atoms with Gasteiger partial charge in [0.15, 0.2) is 0 Å². The van der Waals surface area contributed by atoms with Crippen LogP contribution in [0.5, 0.6) is 0 Å². The molecule has 2 amide bonds. The minimum atomic E-state index is -0.317. The Labute approximate surface area is 162 Å². The minimum Gasteiger partial charge on any atom is -0.450 e. The summed E-state index contributed by atoms with van der Waals surface area (Å²) in [6.07, 6.45) is 2.64. The second kappa shape index (κ2) is 9.12. The Morgan fingerprint density at radius 2 is 1.75 bits per heavy atom. The summed E-state index contributed by atoms with van der Waals surface area (Å²) in [5.74, 6) is -0.108. The molecule has 1 saturated heterocycles. The van der Waals surface area contributed by atoms with Gasteiger partial charge < -0.3 is 19.9 Å². The second-order valence-electron chi connectivity index (χ2n) is 6.25. The van der Waals surface area contributed by atoms with E-state index in [1.54, 1.807) is 24.0 Å². The van der Waals surface area contributed by atoms with Crippen LogP contribution in [0.15, 0.2) is 36.7 Å². The fraction of sp³-hybridized carbons (Fsp3) is 0.368. The number of nitrogens with one attached hydrogen (secondary N) is 1. The molecule has 0 radical (unpaired) electrons. The molecule has 1 aromatic carbocycles. The van der Waals surface area contributed by atoms with Crippen LogP contribution in [0.1, 0.15) is 22.8 Å². The molecular weight excluding hydrogens is 365 g/mol. The van der Waals surface area contributed by atoms with Gasteiger partial charge in [-0.15, -0.1) is 0 Å². The summed E-state index contributed by atoms with van der Waals surface area (Å²) in [6, 6.07) is 5.93. The zero-order chi connectivity index (χ0) is 19.9. The van der Waals surface area contributed by atoms with Crippen LogP contribution < -0.4 is 10.2 Å². The van der Waals surface area contributed by atoms with Gasteiger partial charge in [0.05, 0.1) is 12.2 Å². The van der Waals surface area contributed by atoms with E-state index in [4.69, 9.17) is 4.74 Å². The molecule has 2 aromatic rings. The Kier molecular flexibility index (Phi) is 6.36. The van der Waals surface area contributed by atoms with Crippen LogP contribution >= 0.6 is 0 Å². The molecule has 1 aliphatic rings. The van der Waals surface area contributed by atoms with E-state index in [0.29, 0.717) is 44.3 Å². The highest BCUT2D eigenvalue weighted by Gasteiger charge is 2.23. The Morgan fingerprint density at radius 1 is 1.11 bits per heavy atom. The van der Waals surface area contributed by atoms with Crippen LogP contribution in [0, 0.1) is 5.82 Å². The molecule has 3 rings (SSSR count). The normalized spacial score (nSPS) is 13.9. The minimum absolute atomic E-state index is 0.288. The quantitative estimate of drug-likeness (QED) is 0.842. The monoisotopic (exact) mass is 387 g/mol. The zero-order valence-electron chi connectivity index (χ0n) is 15.6. The van der Waals surface area contributed by atoms with Crippen LogP contribution in [-0.4, -0.2) is 59.7 Å². The highest BCUT2D eigenvalue weighted by molar-refractivity contribution is 5.93. The van der Waals surface area contributed by atoms with Crippen LogP contribution in [0.3, 0.4) is 0 Å². The lowest BCUT2D eigenvalue weighted by molar-refractivity contribution is 0.0949. The molecule has 0 aliphatic carbocycles. The summed E-state index contributed by atoms with van der Waals surface area (Å²) in [7, 11) is 0. The summed E-state index contributed by atoms with van der Waals surface area (Å²) in [4.78, 5) is 36.1. The molecule has 2 heterocycles. The molecule has 8 nitrogen and oxygen atoms in total. The predicted octanol–water partition coefficient (Wildman–Crippen LogP) is 1.82. The Bertz CT molecular complexity index is 805. The van der Waals surface area contributed by atoms with Crippen molar-refractivity contribution in [1.82, 2.24) is 20.2 Å². The summed E-state index contributed by atoms with van der Waals surface area (Å²) >= 11 is 0. The number of hydrogen-bond donors (Lipinski definition) is 1. The topological polar surface area (TPSA) is 87.7 Å². The van der Waals surface area contributed by atoms with Gasteiger partial charge in [0, 0.05) is 45.1 Å². The molecule has 0 saturated carbocycles. The van der Waals surface area contributed by atoms with E-state index in [0.717, 1.165) is 5.56 Å². The third-order valence-electron chi connectivity index (χ3n) is 4.36. The number of anilines is 1. The van der Waals surface area contributed by atoms with Crippen molar-refractivity contribution in [3.8, 4) is 0 Å². The summed E-state index contributed by atoms with van der Waals surface area (Å²) < 4.78 is 17.9. The second-order valence-corrected chi connectivity index (χ2v) is 6.25. The number of nitrogens with zero attached hydrogens (tertiary/aromatic N) is 4. The van der Waals surface area contributed by atoms with Crippen molar-refractivity contribution in [2.75, 3.05) is 37.7 Å². The predicted molar refractivity (Wildman–Crippen MR) is 100 cm³/mol. The average molecular weight is 387 g/mol. The Morgan fingerprint density at radius 3 is 2.36 bits per heavy atom. The van der Waals surface area contributed by atoms with Crippen LogP contribution in [0.2, 0.25) is 0 Å². The van der Waals surface area contributed by atoms with E-state index in [2.05, 4.69) is 15.3 Å². The van der Waals surface area contributed by atoms with Gasteiger partial charge in [0.25, 0.3) is 5.91 Å². The molecule has 0 atom stereocenters. The van der Waals surface area contributed by atoms with Gasteiger partial charge in [-0.3, -0.25) is 4.79 Å². The number of benzene rings is 1. The Balaban J connectivity index is 1.51. The molecule has 1 aliphatic heterocycles. The summed E-state index contributed by atoms with van der Waals surface area (Å²) in [6.45, 7) is 4.66. The lowest BCUT2D eigenvalue weighted by Crippen LogP contribution is -2.49. The van der Waals surface area contributed by atoms with Crippen molar-refractivity contribution in [2.45, 2.75) is 13.5 Å². The smallest absolute Gasteiger partial charge is 0.409 e. The maximum atomic E-state index is 12.9. The fourth-order valence-electron chi connectivity index (χ4n) is 2.79. The van der Waals surface area contributed by atoms with E-state index in [1.165, 1.54) is 24.5 Å². The lowest BCUT2D eigenvalue weighted by Gasteiger charge is -2.33. The van der Waals surface area contributed by atoms with Crippen molar-refractivity contribution in [2.24, 2.45) is 0 Å². The van der Waals surface area contributed by atoms with Crippen molar-refractivity contribution < 1.29 is 18.7 Å². The first-order chi connectivity index (χ1) is 13.6. The molecule has 148 valence electrons. The summed E-state index contributed by atoms with van der Waals surface area (Å²) in [5.41, 5.74) is 1.14. The largest absolute Gasteiger partial charge is 0.450 e. The molecule has 0 spiro atoms. The van der Waals surface area contributed by atoms with Crippen LogP contribution in [0.25, 0.3) is 0 Å². The van der Waals surface area contributed by atoms with Crippen LogP contribution in [-0.2, 0) is 11.3 Å². The van der Waals surface area contributed by atoms with Gasteiger partial charge in [0.2, 0.25) is 5.95 Å². The molecule has 1 fully saturated rings. The molecule has 0 unspecified atom stereocenters. The third-order valence-corrected chi connectivity index (χ3v) is 4.36. The number of rotatable bonds is 5. The molecule has 28 heavy (non-hydrogen) atoms. The number of carbonyl (C=O) groups excluding carboxylic acids is 2. The first kappa shape index (κ1) is 19.5. The van der Waals surface area contributed by atoms with E-state index >= 15 is 0 Å². The first-order valence-corrected chi connectivity index (χ1v) is 9.08. The van der Waals surface area contributed by atoms with Gasteiger partial charge in [0.1, 0.15) is 5.82 Å². The number of amides is 2. The molecule has 1 aromatic heterocycles. The molecular formula is C19H22FN5O3. The first-order valence-electron chi connectivity index (χ1n) is 9.08. The SMILES string of the molecule is CCOC(=O)N1CCN(c2ncc(C(=O)NCc3ccc(F)cc3)cn2)CC1. The van der Waals surface area contributed by atoms with Gasteiger partial charge in [-0.05, 0) is 24.6 Å². The standard InChI is InChI=1S/C19H22FN5O3/c1-2-28-19(27)25-9-7-24(8-10-25)18-22-12-15(13-23-18)17(26)21-11-14-3-5-16(20)6-4-14/h3-6,12-13H,2,7-11H2,1H3,(H,21,26). The highest BCUT2D eigenvalue weighted by Crippen LogP contribution is 2.12. The van der Waals surface area contributed by atoms with Gasteiger partial charge in [-0.25, -0.2) is 19.2 Å². The van der Waals surface area contributed by atoms with E-state index in [1.807, 2.05) is 4.90 Å². The third kappa shape index (κ3) is 4.93. The maximum absolute atomic E-state index is 12.9. The Hall–Kier alpha value is -3.23. The zero-order valence-corrected chi connectivity index (χ0v) is 15.6. The van der Waals surface area contributed by atoms with Crippen LogP contribution in [0.4, 0.5) is 15.1 Å². The summed E-state index contributed by atoms with van der Waals surface area (Å²) in [5, 5.41) is 2.75.